The molecule has 0 radical (unpaired) electrons. The summed E-state index contributed by atoms with van der Waals surface area (Å²) >= 11 is 0. The van der Waals surface area contributed by atoms with Crippen molar-refractivity contribution in [3.05, 3.63) is 94.3 Å². The van der Waals surface area contributed by atoms with E-state index in [1.807, 2.05) is 103 Å². The maximum absolute atomic E-state index is 15.5. The lowest BCUT2D eigenvalue weighted by atomic mass is 9.87. The molecule has 2 unspecified atom stereocenters. The molecule has 0 bridgehead atoms. The maximum atomic E-state index is 15.5. The predicted octanol–water partition coefficient (Wildman–Crippen LogP) is 8.56. The van der Waals surface area contributed by atoms with Crippen LogP contribution in [0.4, 0.5) is 9.18 Å². The smallest absolute Gasteiger partial charge is 0.410 e. The molecule has 1 amide bonds. The zero-order chi connectivity index (χ0) is 32.5. The number of carbonyl (C=O) groups is 1. The number of carbonyl (C=O) groups excluding carboxylic acids is 1. The van der Waals surface area contributed by atoms with Crippen LogP contribution in [-0.4, -0.2) is 47.2 Å². The highest BCUT2D eigenvalue weighted by Gasteiger charge is 2.31. The summed E-state index contributed by atoms with van der Waals surface area (Å²) in [6, 6.07) is 19.3. The van der Waals surface area contributed by atoms with Crippen LogP contribution in [0, 0.1) is 18.2 Å². The average molecular weight is 616 g/mol. The van der Waals surface area contributed by atoms with E-state index in [-0.39, 0.29) is 18.0 Å². The molecule has 1 aliphatic carbocycles. The van der Waals surface area contributed by atoms with Gasteiger partial charge in [0.15, 0.2) is 0 Å². The fourth-order valence-electron chi connectivity index (χ4n) is 5.82. The minimum atomic E-state index is -0.947. The van der Waals surface area contributed by atoms with Crippen molar-refractivity contribution in [3.8, 4) is 11.5 Å². The van der Waals surface area contributed by atoms with E-state index >= 15 is 4.39 Å². The largest absolute Gasteiger partial charge is 0.489 e. The van der Waals surface area contributed by atoms with Gasteiger partial charge in [-0.3, -0.25) is 0 Å². The van der Waals surface area contributed by atoms with E-state index in [9.17, 15) is 9.90 Å². The van der Waals surface area contributed by atoms with Crippen molar-refractivity contribution >= 4 is 17.2 Å². The summed E-state index contributed by atoms with van der Waals surface area (Å²) < 4.78 is 33.2. The van der Waals surface area contributed by atoms with Crippen LogP contribution in [0.5, 0.6) is 11.5 Å². The van der Waals surface area contributed by atoms with Crippen molar-refractivity contribution in [2.75, 3.05) is 13.1 Å². The summed E-state index contributed by atoms with van der Waals surface area (Å²) in [5.74, 6) is 1.10. The first-order valence-corrected chi connectivity index (χ1v) is 15.9. The molecular weight excluding hydrogens is 569 g/mol. The van der Waals surface area contributed by atoms with Crippen molar-refractivity contribution in [2.45, 2.75) is 92.1 Å². The number of halogens is 1. The van der Waals surface area contributed by atoms with E-state index in [2.05, 4.69) is 0 Å². The molecule has 45 heavy (non-hydrogen) atoms. The maximum Gasteiger partial charge on any atom is 0.410 e. The third kappa shape index (κ3) is 7.88. The minimum absolute atomic E-state index is 0.125. The molecule has 0 aromatic heterocycles. The summed E-state index contributed by atoms with van der Waals surface area (Å²) in [7, 11) is 0. The summed E-state index contributed by atoms with van der Waals surface area (Å²) in [4.78, 5) is 14.2. The number of allylic oxidation sites excluding steroid dienone is 1. The fraction of sp³-hybridized carbons (Fsp3) is 0.447. The molecule has 0 saturated carbocycles. The van der Waals surface area contributed by atoms with E-state index in [0.717, 1.165) is 52.7 Å². The first kappa shape index (κ1) is 32.6. The molecule has 1 heterocycles. The molecule has 3 aromatic carbocycles. The molecule has 3 aromatic rings. The Labute approximate surface area is 266 Å². The van der Waals surface area contributed by atoms with Crippen molar-refractivity contribution in [1.29, 1.82) is 0 Å². The van der Waals surface area contributed by atoms with Crippen LogP contribution in [0.25, 0.3) is 11.1 Å². The SMILES string of the molecule is Cc1ccc(C2=C(c3ccc(OC4CCN(C(=O)OC(C)(C)C)C4)cc3)c3ccc(OC(O)C(C)(C)C)cc3CCC2)c(F)c1. The highest BCUT2D eigenvalue weighted by molar-refractivity contribution is 6.00. The normalized spacial score (nSPS) is 17.9. The summed E-state index contributed by atoms with van der Waals surface area (Å²) in [5, 5.41) is 10.6. The van der Waals surface area contributed by atoms with Crippen LogP contribution in [0.3, 0.4) is 0 Å². The number of likely N-dealkylation sites (tertiary alicyclic amines) is 1. The number of fused-ring (bicyclic) bond motifs is 1. The van der Waals surface area contributed by atoms with Crippen LogP contribution >= 0.6 is 0 Å². The third-order valence-electron chi connectivity index (χ3n) is 8.20. The van der Waals surface area contributed by atoms with Gasteiger partial charge in [0.25, 0.3) is 0 Å². The quantitative estimate of drug-likeness (QED) is 0.282. The van der Waals surface area contributed by atoms with Gasteiger partial charge < -0.3 is 24.2 Å². The van der Waals surface area contributed by atoms with E-state index in [4.69, 9.17) is 14.2 Å². The number of ether oxygens (including phenoxy) is 3. The lowest BCUT2D eigenvalue weighted by Gasteiger charge is -2.26. The van der Waals surface area contributed by atoms with E-state index in [0.29, 0.717) is 36.6 Å². The fourth-order valence-corrected chi connectivity index (χ4v) is 5.82. The Kier molecular flexibility index (Phi) is 9.31. The monoisotopic (exact) mass is 615 g/mol. The standard InChI is InChI=1S/C38H46FNO5/c1-24-11-17-31(33(39)21-24)32-10-8-9-26-22-28(44-35(41)37(2,3)4)16-18-30(26)34(32)25-12-14-27(15-13-25)43-29-19-20-40(23-29)36(42)45-38(5,6)7/h11-18,21-22,29,35,41H,8-10,19-20,23H2,1-7H3. The van der Waals surface area contributed by atoms with Crippen molar-refractivity contribution < 1.29 is 28.5 Å². The van der Waals surface area contributed by atoms with Gasteiger partial charge in [-0.05, 0) is 111 Å². The molecule has 1 aliphatic heterocycles. The van der Waals surface area contributed by atoms with Crippen LogP contribution in [-0.2, 0) is 11.2 Å². The summed E-state index contributed by atoms with van der Waals surface area (Å²) in [6.45, 7) is 14.3. The van der Waals surface area contributed by atoms with Gasteiger partial charge in [-0.2, -0.15) is 0 Å². The number of aryl methyl sites for hydroxylation is 2. The number of aliphatic hydroxyl groups is 1. The summed E-state index contributed by atoms with van der Waals surface area (Å²) in [6.07, 6.45) is 1.70. The molecule has 2 atom stereocenters. The second-order valence-electron chi connectivity index (χ2n) is 14.3. The topological polar surface area (TPSA) is 68.2 Å². The Bertz CT molecular complexity index is 1560. The molecule has 1 saturated heterocycles. The lowest BCUT2D eigenvalue weighted by Crippen LogP contribution is -2.36. The van der Waals surface area contributed by atoms with Gasteiger partial charge in [-0.15, -0.1) is 0 Å². The second kappa shape index (κ2) is 12.9. The van der Waals surface area contributed by atoms with Gasteiger partial charge >= 0.3 is 6.09 Å². The van der Waals surface area contributed by atoms with E-state index in [1.165, 1.54) is 0 Å². The molecule has 7 heteroatoms. The van der Waals surface area contributed by atoms with E-state index in [1.54, 1.807) is 11.0 Å². The van der Waals surface area contributed by atoms with Gasteiger partial charge in [0.05, 0.1) is 6.54 Å². The van der Waals surface area contributed by atoms with Crippen molar-refractivity contribution in [2.24, 2.45) is 5.41 Å². The van der Waals surface area contributed by atoms with Gasteiger partial charge in [0.2, 0.25) is 6.29 Å². The molecule has 1 fully saturated rings. The number of hydrogen-bond acceptors (Lipinski definition) is 5. The van der Waals surface area contributed by atoms with Gasteiger partial charge in [0, 0.05) is 23.9 Å². The zero-order valence-corrected chi connectivity index (χ0v) is 27.6. The van der Waals surface area contributed by atoms with Crippen molar-refractivity contribution in [3.63, 3.8) is 0 Å². The number of rotatable bonds is 6. The van der Waals surface area contributed by atoms with Crippen LogP contribution in [0.2, 0.25) is 0 Å². The van der Waals surface area contributed by atoms with Gasteiger partial charge in [0.1, 0.15) is 29.0 Å². The number of benzene rings is 3. The van der Waals surface area contributed by atoms with Crippen LogP contribution < -0.4 is 9.47 Å². The molecule has 6 nitrogen and oxygen atoms in total. The molecule has 1 N–H and O–H groups in total. The van der Waals surface area contributed by atoms with Crippen LogP contribution in [0.1, 0.15) is 88.6 Å². The molecule has 2 aliphatic rings. The first-order valence-electron chi connectivity index (χ1n) is 15.9. The Hall–Kier alpha value is -3.84. The lowest BCUT2D eigenvalue weighted by molar-refractivity contribution is -0.0932. The molecule has 0 spiro atoms. The van der Waals surface area contributed by atoms with E-state index < -0.39 is 17.3 Å². The molecule has 5 rings (SSSR count). The Morgan fingerprint density at radius 3 is 2.29 bits per heavy atom. The summed E-state index contributed by atoms with van der Waals surface area (Å²) in [5.41, 5.74) is 5.56. The Morgan fingerprint density at radius 1 is 0.933 bits per heavy atom. The number of aliphatic hydroxyl groups excluding tert-OH is 1. The highest BCUT2D eigenvalue weighted by atomic mass is 19.1. The van der Waals surface area contributed by atoms with Crippen LogP contribution in [0.15, 0.2) is 60.7 Å². The van der Waals surface area contributed by atoms with Gasteiger partial charge in [-0.1, -0.05) is 51.1 Å². The predicted molar refractivity (Wildman–Crippen MR) is 176 cm³/mol. The van der Waals surface area contributed by atoms with Gasteiger partial charge in [-0.25, -0.2) is 9.18 Å². The number of amides is 1. The third-order valence-corrected chi connectivity index (χ3v) is 8.20. The number of hydrogen-bond donors (Lipinski definition) is 1. The number of nitrogens with zero attached hydrogens (tertiary/aromatic N) is 1. The second-order valence-corrected chi connectivity index (χ2v) is 14.3. The highest BCUT2D eigenvalue weighted by Crippen LogP contribution is 2.42. The molecular formula is C38H46FNO5. The van der Waals surface area contributed by atoms with Crippen molar-refractivity contribution in [1.82, 2.24) is 4.90 Å². The zero-order valence-electron chi connectivity index (χ0n) is 27.6. The minimum Gasteiger partial charge on any atom is -0.489 e. The Morgan fingerprint density at radius 2 is 1.62 bits per heavy atom. The average Bonchev–Trinajstić information content (AvgIpc) is 3.33. The molecule has 240 valence electrons. The first-order chi connectivity index (χ1) is 21.2. The Balaban J connectivity index is 1.46.